The minimum absolute atomic E-state index is 0.00469. The summed E-state index contributed by atoms with van der Waals surface area (Å²) in [6.07, 6.45) is 0.866. The van der Waals surface area contributed by atoms with E-state index in [1.54, 1.807) is 0 Å². The van der Waals surface area contributed by atoms with Crippen molar-refractivity contribution in [1.29, 1.82) is 0 Å². The fourth-order valence-corrected chi connectivity index (χ4v) is 5.33. The molecule has 1 aliphatic carbocycles. The van der Waals surface area contributed by atoms with Crippen molar-refractivity contribution in [2.24, 2.45) is 5.92 Å². The number of amides is 1. The van der Waals surface area contributed by atoms with Gasteiger partial charge in [-0.2, -0.15) is 4.39 Å². The molecule has 2 fully saturated rings. The lowest BCUT2D eigenvalue weighted by Crippen LogP contribution is -2.36. The first-order chi connectivity index (χ1) is 15.3. The molecule has 32 heavy (non-hydrogen) atoms. The molecule has 0 aromatic heterocycles. The van der Waals surface area contributed by atoms with Crippen LogP contribution in [0.3, 0.4) is 0 Å². The Morgan fingerprint density at radius 1 is 1.25 bits per heavy atom. The highest BCUT2D eigenvalue weighted by Gasteiger charge is 2.53. The molecule has 8 heteroatoms. The lowest BCUT2D eigenvalue weighted by atomic mass is 9.95. The Morgan fingerprint density at radius 2 is 2.09 bits per heavy atom. The number of β-amino-alcohol motifs (C(OH)–C–C–N with tert-alkyl or cyclic N) is 2. The molecule has 6 nitrogen and oxygen atoms in total. The zero-order chi connectivity index (χ0) is 22.5. The van der Waals surface area contributed by atoms with E-state index in [4.69, 9.17) is 4.74 Å². The largest absolute Gasteiger partial charge is 0.487 e. The molecule has 1 saturated carbocycles. The number of benzene rings is 2. The molecule has 170 valence electrons. The Balaban J connectivity index is 1.19. The van der Waals surface area contributed by atoms with Crippen molar-refractivity contribution in [3.8, 4) is 5.75 Å². The average molecular weight is 444 g/mol. The van der Waals surface area contributed by atoms with Gasteiger partial charge in [0.05, 0.1) is 11.7 Å². The second kappa shape index (κ2) is 8.10. The van der Waals surface area contributed by atoms with Crippen LogP contribution in [0.4, 0.5) is 14.5 Å². The third-order valence-corrected chi connectivity index (χ3v) is 6.91. The van der Waals surface area contributed by atoms with E-state index in [1.807, 2.05) is 23.1 Å². The molecule has 2 heterocycles. The third kappa shape index (κ3) is 3.98. The summed E-state index contributed by atoms with van der Waals surface area (Å²) < 4.78 is 33.0. The number of hydrogen-bond donors (Lipinski definition) is 3. The van der Waals surface area contributed by atoms with Gasteiger partial charge in [-0.05, 0) is 42.2 Å². The van der Waals surface area contributed by atoms with Crippen LogP contribution in [0, 0.1) is 17.6 Å². The smallest absolute Gasteiger partial charge is 0.224 e. The van der Waals surface area contributed by atoms with Gasteiger partial charge in [0.1, 0.15) is 6.10 Å². The number of aryl methyl sites for hydroxylation is 1. The van der Waals surface area contributed by atoms with E-state index in [2.05, 4.69) is 5.32 Å². The topological polar surface area (TPSA) is 82.0 Å². The van der Waals surface area contributed by atoms with Gasteiger partial charge in [0.2, 0.25) is 11.7 Å². The molecule has 4 atom stereocenters. The number of anilines is 1. The predicted molar refractivity (Wildman–Crippen MR) is 113 cm³/mol. The number of nitrogens with one attached hydrogen (secondary N) is 1. The number of aliphatic hydroxyl groups is 2. The summed E-state index contributed by atoms with van der Waals surface area (Å²) in [6, 6.07) is 9.41. The van der Waals surface area contributed by atoms with Crippen LogP contribution in [0.2, 0.25) is 0 Å². The summed E-state index contributed by atoms with van der Waals surface area (Å²) in [5, 5.41) is 24.7. The van der Waals surface area contributed by atoms with E-state index >= 15 is 0 Å². The fraction of sp³-hybridized carbons (Fsp3) is 0.458. The lowest BCUT2D eigenvalue weighted by molar-refractivity contribution is -0.116. The van der Waals surface area contributed by atoms with Gasteiger partial charge >= 0.3 is 0 Å². The first kappa shape index (κ1) is 21.3. The summed E-state index contributed by atoms with van der Waals surface area (Å²) in [4.78, 5) is 13.6. The fourth-order valence-electron chi connectivity index (χ4n) is 5.33. The summed E-state index contributed by atoms with van der Waals surface area (Å²) in [5.41, 5.74) is 1.62. The number of halogens is 2. The van der Waals surface area contributed by atoms with E-state index in [0.717, 1.165) is 22.9 Å². The van der Waals surface area contributed by atoms with E-state index in [9.17, 15) is 23.8 Å². The number of hydrogen-bond acceptors (Lipinski definition) is 5. The quantitative estimate of drug-likeness (QED) is 0.661. The van der Waals surface area contributed by atoms with Crippen LogP contribution < -0.4 is 10.1 Å². The van der Waals surface area contributed by atoms with Crippen molar-refractivity contribution in [1.82, 2.24) is 4.90 Å². The molecule has 2 aromatic rings. The minimum atomic E-state index is -1.01. The van der Waals surface area contributed by atoms with Gasteiger partial charge < -0.3 is 20.3 Å². The van der Waals surface area contributed by atoms with Crippen LogP contribution in [0.5, 0.6) is 5.75 Å². The van der Waals surface area contributed by atoms with E-state index in [1.165, 1.54) is 12.1 Å². The van der Waals surface area contributed by atoms with E-state index in [-0.39, 0.29) is 23.7 Å². The Hall–Kier alpha value is -2.55. The van der Waals surface area contributed by atoms with Crippen molar-refractivity contribution < 1.29 is 28.5 Å². The van der Waals surface area contributed by atoms with Crippen molar-refractivity contribution >= 4 is 11.6 Å². The van der Waals surface area contributed by atoms with Crippen molar-refractivity contribution in [2.45, 2.75) is 43.5 Å². The van der Waals surface area contributed by atoms with Crippen LogP contribution in [0.25, 0.3) is 0 Å². The van der Waals surface area contributed by atoms with E-state index < -0.39 is 23.3 Å². The molecular weight excluding hydrogens is 418 g/mol. The maximum atomic E-state index is 13.9. The molecule has 1 unspecified atom stereocenters. The Morgan fingerprint density at radius 3 is 2.91 bits per heavy atom. The predicted octanol–water partition coefficient (Wildman–Crippen LogP) is 2.79. The lowest BCUT2D eigenvalue weighted by Gasteiger charge is -2.25. The molecule has 3 aliphatic rings. The van der Waals surface area contributed by atoms with Crippen LogP contribution in [0.15, 0.2) is 36.4 Å². The van der Waals surface area contributed by atoms with Crippen LogP contribution in [-0.2, 0) is 11.2 Å². The van der Waals surface area contributed by atoms with Crippen LogP contribution >= 0.6 is 0 Å². The highest BCUT2D eigenvalue weighted by Crippen LogP contribution is 2.44. The first-order valence-corrected chi connectivity index (χ1v) is 11.0. The molecule has 5 rings (SSSR count). The number of carbonyl (C=O) groups excluding carboxylic acids is 1. The SMILES string of the molecule is O=C1CCc2cc(C(O)CN3C[C@@H]4C[C@@H](Oc5cccc(F)c5F)C[C@]4(O)C3)ccc2N1. The van der Waals surface area contributed by atoms with Crippen molar-refractivity contribution in [3.63, 3.8) is 0 Å². The Bertz CT molecular complexity index is 1050. The van der Waals surface area contributed by atoms with E-state index in [0.29, 0.717) is 45.3 Å². The highest BCUT2D eigenvalue weighted by molar-refractivity contribution is 5.93. The van der Waals surface area contributed by atoms with Gasteiger partial charge in [0, 0.05) is 44.1 Å². The number of fused-ring (bicyclic) bond motifs is 2. The second-order valence-corrected chi connectivity index (χ2v) is 9.21. The maximum Gasteiger partial charge on any atom is 0.224 e. The number of nitrogens with zero attached hydrogens (tertiary/aromatic N) is 1. The summed E-state index contributed by atoms with van der Waals surface area (Å²) in [5.74, 6) is -2.15. The van der Waals surface area contributed by atoms with Crippen LogP contribution in [-0.4, -0.2) is 52.4 Å². The highest BCUT2D eigenvalue weighted by atomic mass is 19.2. The molecule has 1 amide bonds. The normalized spacial score (nSPS) is 28.2. The standard InChI is InChI=1S/C24H26F2N2O4/c25-18-2-1-3-21(23(18)26)32-17-9-16-11-28(13-24(16,31)10-17)12-20(29)15-4-6-19-14(8-15)5-7-22(30)27-19/h1-4,6,8,16-17,20,29,31H,5,7,9-13H2,(H,27,30)/t16-,17+,20?,24-/m0/s1. The first-order valence-electron chi connectivity index (χ1n) is 11.0. The average Bonchev–Trinajstić information content (AvgIpc) is 3.21. The monoisotopic (exact) mass is 444 g/mol. The van der Waals surface area contributed by atoms with Gasteiger partial charge in [-0.15, -0.1) is 0 Å². The van der Waals surface area contributed by atoms with Gasteiger partial charge in [0.15, 0.2) is 11.6 Å². The molecule has 2 aliphatic heterocycles. The summed E-state index contributed by atoms with van der Waals surface area (Å²) in [7, 11) is 0. The van der Waals surface area contributed by atoms with Crippen molar-refractivity contribution in [3.05, 3.63) is 59.2 Å². The number of rotatable bonds is 5. The molecular formula is C24H26F2N2O4. The zero-order valence-corrected chi connectivity index (χ0v) is 17.6. The summed E-state index contributed by atoms with van der Waals surface area (Å²) >= 11 is 0. The molecule has 0 bridgehead atoms. The number of aliphatic hydroxyl groups excluding tert-OH is 1. The number of ether oxygens (including phenoxy) is 1. The molecule has 0 radical (unpaired) electrons. The third-order valence-electron chi connectivity index (χ3n) is 6.91. The number of likely N-dealkylation sites (tertiary alicyclic amines) is 1. The molecule has 0 spiro atoms. The minimum Gasteiger partial charge on any atom is -0.487 e. The van der Waals surface area contributed by atoms with Crippen LogP contribution in [0.1, 0.15) is 36.5 Å². The number of carbonyl (C=O) groups is 1. The van der Waals surface area contributed by atoms with Gasteiger partial charge in [0.25, 0.3) is 0 Å². The molecule has 2 aromatic carbocycles. The Labute approximate surface area is 184 Å². The molecule has 1 saturated heterocycles. The Kier molecular flexibility index (Phi) is 5.39. The van der Waals surface area contributed by atoms with Gasteiger partial charge in [-0.25, -0.2) is 4.39 Å². The van der Waals surface area contributed by atoms with Gasteiger partial charge in [-0.1, -0.05) is 18.2 Å². The van der Waals surface area contributed by atoms with Gasteiger partial charge in [-0.3, -0.25) is 9.69 Å². The second-order valence-electron chi connectivity index (χ2n) is 9.21. The zero-order valence-electron chi connectivity index (χ0n) is 17.6. The molecule has 3 N–H and O–H groups in total. The van der Waals surface area contributed by atoms with Crippen molar-refractivity contribution in [2.75, 3.05) is 25.0 Å². The summed E-state index contributed by atoms with van der Waals surface area (Å²) in [6.45, 7) is 1.37. The maximum absolute atomic E-state index is 13.9.